The summed E-state index contributed by atoms with van der Waals surface area (Å²) in [6, 6.07) is 23.8. The highest BCUT2D eigenvalue weighted by Gasteiger charge is 2.30. The van der Waals surface area contributed by atoms with E-state index in [-0.39, 0.29) is 32.0 Å². The number of carbonyl (C=O) groups excluding carboxylic acids is 4. The molecule has 0 aliphatic heterocycles. The Balaban J connectivity index is 1.24. The van der Waals surface area contributed by atoms with Crippen molar-refractivity contribution in [2.45, 2.75) is 31.4 Å². The van der Waals surface area contributed by atoms with Crippen LogP contribution in [0.5, 0.6) is 0 Å². The molecule has 0 spiro atoms. The summed E-state index contributed by atoms with van der Waals surface area (Å²) >= 11 is 0. The molecule has 39 heavy (non-hydrogen) atoms. The molecule has 10 heteroatoms. The van der Waals surface area contributed by atoms with Crippen molar-refractivity contribution in [1.29, 1.82) is 0 Å². The Morgan fingerprint density at radius 1 is 0.769 bits per heavy atom. The fraction of sp³-hybridized carbons (Fsp3) is 0.241. The average Bonchev–Trinajstić information content (AvgIpc) is 3.29. The van der Waals surface area contributed by atoms with Crippen LogP contribution in [0.2, 0.25) is 0 Å². The monoisotopic (exact) mass is 531 g/mol. The van der Waals surface area contributed by atoms with Crippen LogP contribution >= 0.6 is 0 Å². The molecule has 3 N–H and O–H groups in total. The number of hydrogen-bond acceptors (Lipinski definition) is 7. The van der Waals surface area contributed by atoms with Crippen LogP contribution in [0.25, 0.3) is 11.1 Å². The zero-order valence-electron chi connectivity index (χ0n) is 21.3. The Kier molecular flexibility index (Phi) is 9.12. The van der Waals surface area contributed by atoms with E-state index in [0.717, 1.165) is 27.8 Å². The van der Waals surface area contributed by atoms with Gasteiger partial charge in [0.15, 0.2) is 0 Å². The number of benzene rings is 3. The van der Waals surface area contributed by atoms with Crippen molar-refractivity contribution in [1.82, 2.24) is 16.2 Å². The Bertz CT molecular complexity index is 1280. The topological polar surface area (TPSA) is 132 Å². The summed E-state index contributed by atoms with van der Waals surface area (Å²) in [4.78, 5) is 48.8. The summed E-state index contributed by atoms with van der Waals surface area (Å²) in [6.45, 7) is 0.111. The van der Waals surface area contributed by atoms with Crippen LogP contribution in [-0.4, -0.2) is 43.8 Å². The molecule has 0 bridgehead atoms. The first-order valence-corrected chi connectivity index (χ1v) is 12.4. The number of amides is 3. The number of methoxy groups -OCH3 is 1. The summed E-state index contributed by atoms with van der Waals surface area (Å²) < 4.78 is 15.3. The molecular weight excluding hydrogens is 502 g/mol. The van der Waals surface area contributed by atoms with Gasteiger partial charge in [-0.25, -0.2) is 19.8 Å². The number of carbonyl (C=O) groups is 4. The van der Waals surface area contributed by atoms with Gasteiger partial charge in [-0.2, -0.15) is 0 Å². The van der Waals surface area contributed by atoms with E-state index in [1.807, 2.05) is 66.7 Å². The van der Waals surface area contributed by atoms with E-state index in [1.54, 1.807) is 12.1 Å². The number of fused-ring (bicyclic) bond motifs is 3. The zero-order valence-corrected chi connectivity index (χ0v) is 21.3. The Morgan fingerprint density at radius 3 is 2.03 bits per heavy atom. The molecule has 1 unspecified atom stereocenters. The minimum absolute atomic E-state index is 0.0387. The fourth-order valence-electron chi connectivity index (χ4n) is 4.39. The summed E-state index contributed by atoms with van der Waals surface area (Å²) in [5.74, 6) is -1.46. The van der Waals surface area contributed by atoms with Crippen molar-refractivity contribution in [2.24, 2.45) is 0 Å². The van der Waals surface area contributed by atoms with E-state index in [0.29, 0.717) is 0 Å². The van der Waals surface area contributed by atoms with E-state index in [4.69, 9.17) is 14.2 Å². The van der Waals surface area contributed by atoms with Crippen LogP contribution in [0.15, 0.2) is 78.9 Å². The van der Waals surface area contributed by atoms with E-state index in [1.165, 1.54) is 7.11 Å². The highest BCUT2D eigenvalue weighted by atomic mass is 16.6. The second-order valence-corrected chi connectivity index (χ2v) is 8.82. The van der Waals surface area contributed by atoms with Gasteiger partial charge in [-0.05, 0) is 34.2 Å². The van der Waals surface area contributed by atoms with Gasteiger partial charge in [-0.3, -0.25) is 10.2 Å². The number of ether oxygens (including phenoxy) is 3. The van der Waals surface area contributed by atoms with Crippen molar-refractivity contribution in [2.75, 3.05) is 13.7 Å². The molecule has 0 fully saturated rings. The lowest BCUT2D eigenvalue weighted by atomic mass is 9.98. The van der Waals surface area contributed by atoms with Crippen LogP contribution in [0, 0.1) is 0 Å². The van der Waals surface area contributed by atoms with E-state index < -0.39 is 30.1 Å². The largest absolute Gasteiger partial charge is 0.467 e. The molecule has 0 radical (unpaired) electrons. The van der Waals surface area contributed by atoms with Crippen LogP contribution in [-0.2, 0) is 30.4 Å². The maximum Gasteiger partial charge on any atom is 0.426 e. The average molecular weight is 532 g/mol. The molecule has 0 saturated carbocycles. The number of hydrogen-bond donors (Lipinski definition) is 3. The molecule has 202 valence electrons. The zero-order chi connectivity index (χ0) is 27.6. The number of alkyl carbamates (subject to hydrolysis) is 1. The molecular formula is C29H29N3O7. The van der Waals surface area contributed by atoms with E-state index in [9.17, 15) is 19.2 Å². The maximum absolute atomic E-state index is 12.6. The van der Waals surface area contributed by atoms with Crippen molar-refractivity contribution in [3.63, 3.8) is 0 Å². The molecule has 10 nitrogen and oxygen atoms in total. The smallest absolute Gasteiger partial charge is 0.426 e. The van der Waals surface area contributed by atoms with Gasteiger partial charge >= 0.3 is 18.2 Å². The van der Waals surface area contributed by atoms with E-state index >= 15 is 0 Å². The first-order valence-electron chi connectivity index (χ1n) is 12.4. The van der Waals surface area contributed by atoms with Gasteiger partial charge in [0.25, 0.3) is 0 Å². The number of hydrazine groups is 1. The molecule has 0 heterocycles. The van der Waals surface area contributed by atoms with Gasteiger partial charge in [-0.15, -0.1) is 0 Å². The van der Waals surface area contributed by atoms with Gasteiger partial charge < -0.3 is 19.5 Å². The molecule has 1 aliphatic rings. The predicted molar refractivity (Wildman–Crippen MR) is 141 cm³/mol. The first kappa shape index (κ1) is 27.2. The van der Waals surface area contributed by atoms with Crippen LogP contribution in [0.1, 0.15) is 35.4 Å². The second-order valence-electron chi connectivity index (χ2n) is 8.82. The lowest BCUT2D eigenvalue weighted by Crippen LogP contribution is -2.45. The van der Waals surface area contributed by atoms with Crippen molar-refractivity contribution in [3.8, 4) is 11.1 Å². The fourth-order valence-corrected chi connectivity index (χ4v) is 4.39. The van der Waals surface area contributed by atoms with Gasteiger partial charge in [0.2, 0.25) is 5.91 Å². The molecule has 1 atom stereocenters. The molecule has 0 aromatic heterocycles. The van der Waals surface area contributed by atoms with Gasteiger partial charge in [0, 0.05) is 12.3 Å². The molecule has 0 saturated heterocycles. The Morgan fingerprint density at radius 2 is 1.38 bits per heavy atom. The standard InChI is InChI=1S/C29H29N3O7/c1-37-27(34)25(15-16-26(33)31-32-29(36)38-17-19-9-3-2-4-10-19)30-28(35)39-18-24-22-13-7-5-11-20(22)21-12-6-8-14-23(21)24/h2-14,24-25H,15-18H2,1H3,(H,30,35)(H,31,33)(H,32,36). The maximum atomic E-state index is 12.6. The van der Waals surface area contributed by atoms with Crippen LogP contribution in [0.3, 0.4) is 0 Å². The molecule has 4 rings (SSSR count). The van der Waals surface area contributed by atoms with Crippen molar-refractivity contribution in [3.05, 3.63) is 95.6 Å². The third-order valence-electron chi connectivity index (χ3n) is 6.30. The highest BCUT2D eigenvalue weighted by Crippen LogP contribution is 2.44. The number of nitrogens with one attached hydrogen (secondary N) is 3. The molecule has 1 aliphatic carbocycles. The number of esters is 1. The summed E-state index contributed by atoms with van der Waals surface area (Å²) in [5, 5.41) is 2.47. The van der Waals surface area contributed by atoms with Crippen molar-refractivity contribution < 1.29 is 33.4 Å². The normalized spacial score (nSPS) is 12.3. The minimum Gasteiger partial charge on any atom is -0.467 e. The molecule has 3 aromatic rings. The van der Waals surface area contributed by atoms with Gasteiger partial charge in [0.1, 0.15) is 19.3 Å². The third-order valence-corrected chi connectivity index (χ3v) is 6.30. The van der Waals surface area contributed by atoms with E-state index in [2.05, 4.69) is 16.2 Å². The molecule has 3 aromatic carbocycles. The van der Waals surface area contributed by atoms with Crippen LogP contribution in [0.4, 0.5) is 9.59 Å². The third kappa shape index (κ3) is 7.13. The SMILES string of the molecule is COC(=O)C(CCC(=O)NNC(=O)OCc1ccccc1)NC(=O)OCC1c2ccccc2-c2ccccc21. The minimum atomic E-state index is -1.12. The first-order chi connectivity index (χ1) is 19.0. The molecule has 3 amide bonds. The Hall–Kier alpha value is -4.86. The summed E-state index contributed by atoms with van der Waals surface area (Å²) in [7, 11) is 1.18. The lowest BCUT2D eigenvalue weighted by molar-refractivity contribution is -0.143. The summed E-state index contributed by atoms with van der Waals surface area (Å²) in [6.07, 6.45) is -1.92. The summed E-state index contributed by atoms with van der Waals surface area (Å²) in [5.41, 5.74) is 9.44. The number of rotatable bonds is 9. The van der Waals surface area contributed by atoms with Crippen molar-refractivity contribution >= 4 is 24.1 Å². The highest BCUT2D eigenvalue weighted by molar-refractivity contribution is 5.84. The quantitative estimate of drug-likeness (QED) is 0.217. The Labute approximate surface area is 225 Å². The van der Waals surface area contributed by atoms with Crippen LogP contribution < -0.4 is 16.2 Å². The van der Waals surface area contributed by atoms with Gasteiger partial charge in [-0.1, -0.05) is 78.9 Å². The second kappa shape index (κ2) is 13.1. The lowest BCUT2D eigenvalue weighted by Gasteiger charge is -2.18. The van der Waals surface area contributed by atoms with Gasteiger partial charge in [0.05, 0.1) is 7.11 Å². The predicted octanol–water partition coefficient (Wildman–Crippen LogP) is 3.80.